The van der Waals surface area contributed by atoms with Crippen LogP contribution in [0.2, 0.25) is 0 Å². The van der Waals surface area contributed by atoms with Crippen LogP contribution in [0.3, 0.4) is 0 Å². The van der Waals surface area contributed by atoms with Crippen molar-refractivity contribution in [3.8, 4) is 0 Å². The van der Waals surface area contributed by atoms with Crippen LogP contribution in [-0.2, 0) is 10.0 Å². The average Bonchev–Trinajstić information content (AvgIpc) is 2.63. The highest BCUT2D eigenvalue weighted by atomic mass is 32.2. The molecule has 0 atom stereocenters. The predicted octanol–water partition coefficient (Wildman–Crippen LogP) is 0.496. The van der Waals surface area contributed by atoms with E-state index < -0.39 is 21.6 Å². The van der Waals surface area contributed by atoms with E-state index in [1.165, 1.54) is 19.2 Å². The largest absolute Gasteiger partial charge is 0.477 e. The van der Waals surface area contributed by atoms with Crippen molar-refractivity contribution in [1.82, 2.24) is 4.72 Å². The van der Waals surface area contributed by atoms with Gasteiger partial charge in [0.25, 0.3) is 0 Å². The van der Waals surface area contributed by atoms with Gasteiger partial charge in [-0.15, -0.1) is 11.3 Å². The number of aromatic carboxylic acids is 1. The van der Waals surface area contributed by atoms with Gasteiger partial charge < -0.3 is 10.2 Å². The van der Waals surface area contributed by atoms with Crippen LogP contribution in [0, 0.1) is 0 Å². The lowest BCUT2D eigenvalue weighted by Crippen LogP contribution is -2.38. The highest BCUT2D eigenvalue weighted by Gasteiger charge is 2.21. The van der Waals surface area contributed by atoms with Crippen LogP contribution in [-0.4, -0.2) is 36.7 Å². The zero-order chi connectivity index (χ0) is 13.3. The van der Waals surface area contributed by atoms with Gasteiger partial charge in [0.1, 0.15) is 4.88 Å². The molecule has 0 fully saturated rings. The summed E-state index contributed by atoms with van der Waals surface area (Å²) in [4.78, 5) is 10.5. The molecule has 0 unspecified atom stereocenters. The molecular formula is C9H13NO5S2. The van der Waals surface area contributed by atoms with Gasteiger partial charge in [0.05, 0.1) is 10.5 Å². The normalized spacial score (nSPS) is 12.6. The van der Waals surface area contributed by atoms with Crippen molar-refractivity contribution in [3.05, 3.63) is 16.3 Å². The Morgan fingerprint density at radius 3 is 2.53 bits per heavy atom. The summed E-state index contributed by atoms with van der Waals surface area (Å²) in [6.45, 7) is 2.78. The number of thiophene rings is 1. The molecule has 1 aromatic rings. The van der Waals surface area contributed by atoms with Gasteiger partial charge in [-0.2, -0.15) is 0 Å². The number of hydrogen-bond donors (Lipinski definition) is 3. The van der Waals surface area contributed by atoms with Crippen molar-refractivity contribution >= 4 is 27.3 Å². The Bertz CT molecular complexity index is 512. The standard InChI is InChI=1S/C9H13NO5S2/c1-9(2,13)5-10-17(14,15)6-3-7(8(11)12)16-4-6/h3-4,10,13H,5H2,1-2H3,(H,11,12). The number of rotatable bonds is 5. The third kappa shape index (κ3) is 4.08. The van der Waals surface area contributed by atoms with E-state index >= 15 is 0 Å². The van der Waals surface area contributed by atoms with Gasteiger partial charge in [0.2, 0.25) is 10.0 Å². The Labute approximate surface area is 103 Å². The van der Waals surface area contributed by atoms with E-state index in [-0.39, 0.29) is 16.3 Å². The Morgan fingerprint density at radius 1 is 1.53 bits per heavy atom. The fraction of sp³-hybridized carbons (Fsp3) is 0.444. The molecule has 0 aliphatic carbocycles. The Balaban J connectivity index is 2.86. The Morgan fingerprint density at radius 2 is 2.12 bits per heavy atom. The molecule has 96 valence electrons. The summed E-state index contributed by atoms with van der Waals surface area (Å²) in [5, 5.41) is 19.3. The van der Waals surface area contributed by atoms with Crippen LogP contribution in [0.4, 0.5) is 0 Å². The third-order valence-corrected chi connectivity index (χ3v) is 4.24. The summed E-state index contributed by atoms with van der Waals surface area (Å²) in [6.07, 6.45) is 0. The topological polar surface area (TPSA) is 104 Å². The number of hydrogen-bond acceptors (Lipinski definition) is 5. The molecule has 0 bridgehead atoms. The third-order valence-electron chi connectivity index (χ3n) is 1.79. The molecule has 8 heteroatoms. The van der Waals surface area contributed by atoms with E-state index in [0.717, 1.165) is 17.4 Å². The van der Waals surface area contributed by atoms with E-state index in [1.807, 2.05) is 0 Å². The number of aliphatic hydroxyl groups is 1. The minimum absolute atomic E-state index is 0.0476. The Hall–Kier alpha value is -0.960. The fourth-order valence-corrected chi connectivity index (χ4v) is 3.24. The summed E-state index contributed by atoms with van der Waals surface area (Å²) >= 11 is 0.837. The van der Waals surface area contributed by atoms with E-state index in [9.17, 15) is 18.3 Å². The molecule has 0 aromatic carbocycles. The molecular weight excluding hydrogens is 266 g/mol. The summed E-state index contributed by atoms with van der Waals surface area (Å²) in [5.74, 6) is -1.17. The second kappa shape index (κ2) is 4.73. The monoisotopic (exact) mass is 279 g/mol. The van der Waals surface area contributed by atoms with Gasteiger partial charge in [0.15, 0.2) is 0 Å². The maximum Gasteiger partial charge on any atom is 0.345 e. The van der Waals surface area contributed by atoms with Crippen LogP contribution in [0.25, 0.3) is 0 Å². The first-order valence-electron chi connectivity index (χ1n) is 4.66. The molecule has 1 aromatic heterocycles. The van der Waals surface area contributed by atoms with Crippen LogP contribution >= 0.6 is 11.3 Å². The maximum atomic E-state index is 11.7. The van der Waals surface area contributed by atoms with E-state index in [4.69, 9.17) is 5.11 Å². The first kappa shape index (κ1) is 14.1. The first-order chi connectivity index (χ1) is 7.62. The second-order valence-corrected chi connectivity index (χ2v) is 6.77. The van der Waals surface area contributed by atoms with Gasteiger partial charge in [0, 0.05) is 11.9 Å². The number of carbonyl (C=O) groups is 1. The smallest absolute Gasteiger partial charge is 0.345 e. The van der Waals surface area contributed by atoms with Crippen molar-refractivity contribution in [2.24, 2.45) is 0 Å². The zero-order valence-corrected chi connectivity index (χ0v) is 10.9. The molecule has 17 heavy (non-hydrogen) atoms. The van der Waals surface area contributed by atoms with Crippen LogP contribution in [0.1, 0.15) is 23.5 Å². The number of sulfonamides is 1. The maximum absolute atomic E-state index is 11.7. The summed E-state index contributed by atoms with van der Waals surface area (Å²) in [5.41, 5.74) is -1.17. The number of carboxylic acids is 1. The molecule has 1 heterocycles. The average molecular weight is 279 g/mol. The van der Waals surface area contributed by atoms with Crippen molar-refractivity contribution < 1.29 is 23.4 Å². The van der Waals surface area contributed by atoms with E-state index in [0.29, 0.717) is 0 Å². The molecule has 0 aliphatic heterocycles. The van der Waals surface area contributed by atoms with Gasteiger partial charge in [-0.25, -0.2) is 17.9 Å². The molecule has 0 spiro atoms. The van der Waals surface area contributed by atoms with Gasteiger partial charge in [-0.05, 0) is 19.9 Å². The summed E-state index contributed by atoms with van der Waals surface area (Å²) < 4.78 is 25.6. The molecule has 3 N–H and O–H groups in total. The lowest BCUT2D eigenvalue weighted by molar-refractivity contribution is 0.0701. The Kier molecular flexibility index (Phi) is 3.92. The molecule has 0 radical (unpaired) electrons. The van der Waals surface area contributed by atoms with Gasteiger partial charge in [-0.3, -0.25) is 0 Å². The minimum atomic E-state index is -3.77. The van der Waals surface area contributed by atoms with Crippen LogP contribution in [0.15, 0.2) is 16.3 Å². The van der Waals surface area contributed by atoms with Crippen molar-refractivity contribution in [2.45, 2.75) is 24.3 Å². The molecule has 0 amide bonds. The number of carboxylic acid groups (broad SMARTS) is 1. The van der Waals surface area contributed by atoms with Crippen molar-refractivity contribution in [3.63, 3.8) is 0 Å². The van der Waals surface area contributed by atoms with Gasteiger partial charge in [-0.1, -0.05) is 0 Å². The SMILES string of the molecule is CC(C)(O)CNS(=O)(=O)c1csc(C(=O)O)c1. The zero-order valence-electron chi connectivity index (χ0n) is 9.30. The fourth-order valence-electron chi connectivity index (χ4n) is 0.927. The second-order valence-electron chi connectivity index (χ2n) is 4.09. The predicted molar refractivity (Wildman–Crippen MR) is 62.8 cm³/mol. The molecule has 1 rings (SSSR count). The molecule has 0 saturated heterocycles. The van der Waals surface area contributed by atoms with Crippen molar-refractivity contribution in [1.29, 1.82) is 0 Å². The highest BCUT2D eigenvalue weighted by molar-refractivity contribution is 7.89. The minimum Gasteiger partial charge on any atom is -0.477 e. The molecule has 6 nitrogen and oxygen atoms in total. The summed E-state index contributed by atoms with van der Waals surface area (Å²) in [6, 6.07) is 1.08. The van der Waals surface area contributed by atoms with E-state index in [1.54, 1.807) is 0 Å². The van der Waals surface area contributed by atoms with Crippen LogP contribution < -0.4 is 4.72 Å². The molecule has 0 aliphatic rings. The highest BCUT2D eigenvalue weighted by Crippen LogP contribution is 2.19. The van der Waals surface area contributed by atoms with Crippen molar-refractivity contribution in [2.75, 3.05) is 6.54 Å². The lowest BCUT2D eigenvalue weighted by Gasteiger charge is -2.17. The van der Waals surface area contributed by atoms with Gasteiger partial charge >= 0.3 is 5.97 Å². The van der Waals surface area contributed by atoms with E-state index in [2.05, 4.69) is 4.72 Å². The number of nitrogens with one attached hydrogen (secondary N) is 1. The summed E-state index contributed by atoms with van der Waals surface area (Å²) in [7, 11) is -3.77. The first-order valence-corrected chi connectivity index (χ1v) is 7.02. The quantitative estimate of drug-likeness (QED) is 0.728. The molecule has 0 saturated carbocycles. The lowest BCUT2D eigenvalue weighted by atomic mass is 10.1. The van der Waals surface area contributed by atoms with Crippen LogP contribution in [0.5, 0.6) is 0 Å².